The molecule has 0 spiro atoms. The summed E-state index contributed by atoms with van der Waals surface area (Å²) in [6.07, 6.45) is 4.08. The first-order valence-electron chi connectivity index (χ1n) is 11.0. The maximum absolute atomic E-state index is 13.1. The van der Waals surface area contributed by atoms with Gasteiger partial charge in [0.05, 0.1) is 12.2 Å². The molecule has 1 aliphatic rings. The zero-order valence-corrected chi connectivity index (χ0v) is 18.3. The third kappa shape index (κ3) is 5.92. The number of benzene rings is 2. The molecule has 32 heavy (non-hydrogen) atoms. The fraction of sp³-hybridized carbons (Fsp3) is 0.308. The molecule has 3 aromatic rings. The number of hydrogen-bond donors (Lipinski definition) is 1. The molecule has 4 rings (SSSR count). The van der Waals surface area contributed by atoms with Crippen molar-refractivity contribution < 1.29 is 13.9 Å². The smallest absolute Gasteiger partial charge is 0.217 e. The van der Waals surface area contributed by atoms with Crippen molar-refractivity contribution >= 4 is 5.91 Å². The van der Waals surface area contributed by atoms with Crippen molar-refractivity contribution in [2.24, 2.45) is 0 Å². The Kier molecular flexibility index (Phi) is 7.12. The molecule has 0 aliphatic carbocycles. The van der Waals surface area contributed by atoms with Crippen LogP contribution in [-0.2, 0) is 24.5 Å². The van der Waals surface area contributed by atoms with Crippen molar-refractivity contribution in [1.29, 1.82) is 0 Å². The van der Waals surface area contributed by atoms with Crippen LogP contribution in [-0.4, -0.2) is 22.3 Å². The Morgan fingerprint density at radius 1 is 1.16 bits per heavy atom. The lowest BCUT2D eigenvalue weighted by atomic mass is 10.0. The third-order valence-corrected chi connectivity index (χ3v) is 5.71. The van der Waals surface area contributed by atoms with Gasteiger partial charge < -0.3 is 10.1 Å². The standard InChI is InChI=1S/C26H28FN3O2/c1-19(31)29-16-24-15-22(11-12-28-24)26-6-3-13-30(26)17-21-4-2-5-25(14-21)32-18-20-7-9-23(27)10-8-20/h2,4-5,7-12,14-15,26H,3,6,13,16-18H2,1H3,(H,29,31). The Bertz CT molecular complexity index is 1050. The summed E-state index contributed by atoms with van der Waals surface area (Å²) in [5.74, 6) is 0.512. The summed E-state index contributed by atoms with van der Waals surface area (Å²) in [4.78, 5) is 18.1. The summed E-state index contributed by atoms with van der Waals surface area (Å²) in [6.45, 7) is 4.24. The lowest BCUT2D eigenvalue weighted by Gasteiger charge is -2.25. The first-order valence-corrected chi connectivity index (χ1v) is 11.0. The average molecular weight is 434 g/mol. The van der Waals surface area contributed by atoms with Crippen LogP contribution >= 0.6 is 0 Å². The summed E-state index contributed by atoms with van der Waals surface area (Å²) in [6, 6.07) is 19.0. The minimum atomic E-state index is -0.243. The first-order chi connectivity index (χ1) is 15.6. The van der Waals surface area contributed by atoms with E-state index in [1.807, 2.05) is 18.3 Å². The maximum Gasteiger partial charge on any atom is 0.217 e. The van der Waals surface area contributed by atoms with Gasteiger partial charge in [-0.15, -0.1) is 0 Å². The molecule has 5 nitrogen and oxygen atoms in total. The molecule has 1 N–H and O–H groups in total. The molecule has 6 heteroatoms. The predicted octanol–water partition coefficient (Wildman–Crippen LogP) is 4.77. The second-order valence-electron chi connectivity index (χ2n) is 8.18. The van der Waals surface area contributed by atoms with Crippen molar-refractivity contribution in [3.8, 4) is 5.75 Å². The Morgan fingerprint density at radius 2 is 2.00 bits per heavy atom. The summed E-state index contributed by atoms with van der Waals surface area (Å²) < 4.78 is 19.0. The number of nitrogens with zero attached hydrogens (tertiary/aromatic N) is 2. The van der Waals surface area contributed by atoms with Crippen molar-refractivity contribution in [2.75, 3.05) is 6.54 Å². The minimum absolute atomic E-state index is 0.0544. The van der Waals surface area contributed by atoms with E-state index in [0.29, 0.717) is 19.2 Å². The fourth-order valence-electron chi connectivity index (χ4n) is 4.12. The number of amides is 1. The molecule has 0 bridgehead atoms. The number of rotatable bonds is 8. The second kappa shape index (κ2) is 10.4. The number of ether oxygens (including phenoxy) is 1. The van der Waals surface area contributed by atoms with E-state index in [1.54, 1.807) is 12.1 Å². The van der Waals surface area contributed by atoms with Crippen LogP contribution in [0.4, 0.5) is 4.39 Å². The summed E-state index contributed by atoms with van der Waals surface area (Å²) in [5, 5.41) is 2.82. The molecule has 1 aliphatic heterocycles. The Morgan fingerprint density at radius 3 is 2.81 bits per heavy atom. The topological polar surface area (TPSA) is 54.5 Å². The fourth-order valence-corrected chi connectivity index (χ4v) is 4.12. The number of pyridine rings is 1. The van der Waals surface area contributed by atoms with Gasteiger partial charge in [-0.05, 0) is 72.5 Å². The van der Waals surface area contributed by atoms with Gasteiger partial charge in [-0.3, -0.25) is 14.7 Å². The van der Waals surface area contributed by atoms with Gasteiger partial charge in [0.25, 0.3) is 0 Å². The van der Waals surface area contributed by atoms with Gasteiger partial charge in [-0.25, -0.2) is 4.39 Å². The van der Waals surface area contributed by atoms with Crippen LogP contribution in [0.3, 0.4) is 0 Å². The van der Waals surface area contributed by atoms with Gasteiger partial charge in [0.15, 0.2) is 0 Å². The summed E-state index contributed by atoms with van der Waals surface area (Å²) >= 11 is 0. The van der Waals surface area contributed by atoms with Crippen molar-refractivity contribution in [2.45, 2.75) is 45.5 Å². The minimum Gasteiger partial charge on any atom is -0.489 e. The molecule has 2 aromatic carbocycles. The van der Waals surface area contributed by atoms with Crippen LogP contribution in [0.15, 0.2) is 66.9 Å². The Labute approximate surface area is 188 Å². The highest BCUT2D eigenvalue weighted by atomic mass is 19.1. The normalized spacial score (nSPS) is 16.1. The number of likely N-dealkylation sites (tertiary alicyclic amines) is 1. The molecule has 2 heterocycles. The largest absolute Gasteiger partial charge is 0.489 e. The predicted molar refractivity (Wildman–Crippen MR) is 121 cm³/mol. The molecule has 0 saturated carbocycles. The van der Waals surface area contributed by atoms with E-state index < -0.39 is 0 Å². The number of carbonyl (C=O) groups excluding carboxylic acids is 1. The highest BCUT2D eigenvalue weighted by Gasteiger charge is 2.26. The maximum atomic E-state index is 13.1. The second-order valence-corrected chi connectivity index (χ2v) is 8.18. The number of hydrogen-bond acceptors (Lipinski definition) is 4. The van der Waals surface area contributed by atoms with E-state index >= 15 is 0 Å². The van der Waals surface area contributed by atoms with E-state index in [1.165, 1.54) is 30.2 Å². The first kappa shape index (κ1) is 22.0. The average Bonchev–Trinajstić information content (AvgIpc) is 3.26. The third-order valence-electron chi connectivity index (χ3n) is 5.71. The molecule has 1 fully saturated rings. The molecule has 0 radical (unpaired) electrons. The van der Waals surface area contributed by atoms with Gasteiger partial charge in [0.2, 0.25) is 5.91 Å². The van der Waals surface area contributed by atoms with Gasteiger partial charge >= 0.3 is 0 Å². The highest BCUT2D eigenvalue weighted by Crippen LogP contribution is 2.33. The summed E-state index contributed by atoms with van der Waals surface area (Å²) in [7, 11) is 0. The number of aromatic nitrogens is 1. The van der Waals surface area contributed by atoms with Crippen LogP contribution in [0, 0.1) is 5.82 Å². The van der Waals surface area contributed by atoms with Gasteiger partial charge in [0.1, 0.15) is 18.2 Å². The molecule has 1 unspecified atom stereocenters. The van der Waals surface area contributed by atoms with Crippen LogP contribution in [0.2, 0.25) is 0 Å². The molecular formula is C26H28FN3O2. The summed E-state index contributed by atoms with van der Waals surface area (Å²) in [5.41, 5.74) is 4.24. The van der Waals surface area contributed by atoms with Gasteiger partial charge in [-0.2, -0.15) is 0 Å². The van der Waals surface area contributed by atoms with Crippen LogP contribution in [0.1, 0.15) is 48.2 Å². The SMILES string of the molecule is CC(=O)NCc1cc(C2CCCN2Cc2cccc(OCc3ccc(F)cc3)c2)ccn1. The van der Waals surface area contributed by atoms with Crippen molar-refractivity contribution in [1.82, 2.24) is 15.2 Å². The number of carbonyl (C=O) groups is 1. The number of halogens is 1. The van der Waals surface area contributed by atoms with Crippen molar-refractivity contribution in [3.05, 3.63) is 95.1 Å². The quantitative estimate of drug-likeness (QED) is 0.556. The van der Waals surface area contributed by atoms with E-state index in [9.17, 15) is 9.18 Å². The molecule has 166 valence electrons. The lowest BCUT2D eigenvalue weighted by molar-refractivity contribution is -0.119. The van der Waals surface area contributed by atoms with Crippen LogP contribution in [0.25, 0.3) is 0 Å². The van der Waals surface area contributed by atoms with E-state index in [4.69, 9.17) is 4.74 Å². The van der Waals surface area contributed by atoms with Gasteiger partial charge in [-0.1, -0.05) is 24.3 Å². The Hall–Kier alpha value is -3.25. The Balaban J connectivity index is 1.40. The number of nitrogens with one attached hydrogen (secondary N) is 1. The van der Waals surface area contributed by atoms with Gasteiger partial charge in [0, 0.05) is 25.7 Å². The lowest BCUT2D eigenvalue weighted by Crippen LogP contribution is -2.23. The zero-order valence-electron chi connectivity index (χ0n) is 18.3. The molecule has 1 amide bonds. The highest BCUT2D eigenvalue weighted by molar-refractivity contribution is 5.72. The van der Waals surface area contributed by atoms with Crippen LogP contribution in [0.5, 0.6) is 5.75 Å². The van der Waals surface area contributed by atoms with E-state index in [0.717, 1.165) is 42.9 Å². The molecule has 1 saturated heterocycles. The molecule has 1 atom stereocenters. The zero-order chi connectivity index (χ0) is 22.3. The van der Waals surface area contributed by atoms with Crippen molar-refractivity contribution in [3.63, 3.8) is 0 Å². The molecular weight excluding hydrogens is 405 g/mol. The monoisotopic (exact) mass is 433 g/mol. The van der Waals surface area contributed by atoms with E-state index in [2.05, 4.69) is 39.5 Å². The van der Waals surface area contributed by atoms with E-state index in [-0.39, 0.29) is 11.7 Å². The molecule has 1 aromatic heterocycles. The van der Waals surface area contributed by atoms with Crippen LogP contribution < -0.4 is 10.1 Å².